The topological polar surface area (TPSA) is 104 Å². The summed E-state index contributed by atoms with van der Waals surface area (Å²) in [5.41, 5.74) is 3.54. The quantitative estimate of drug-likeness (QED) is 0.434. The molecule has 3 heterocycles. The summed E-state index contributed by atoms with van der Waals surface area (Å²) in [6.07, 6.45) is 0. The van der Waals surface area contributed by atoms with Gasteiger partial charge in [0.1, 0.15) is 11.5 Å². The molecular weight excluding hydrogens is 413 g/mol. The van der Waals surface area contributed by atoms with Crippen LogP contribution in [0.5, 0.6) is 0 Å². The first-order chi connectivity index (χ1) is 15.6. The minimum atomic E-state index is -0.444. The number of anilines is 2. The average Bonchev–Trinajstić information content (AvgIpc) is 3.14. The maximum Gasteiger partial charge on any atom is 0.261 e. The number of allylic oxidation sites excluding steroid dienone is 1. The van der Waals surface area contributed by atoms with Gasteiger partial charge in [0.25, 0.3) is 11.8 Å². The fraction of sp³-hybridized carbons (Fsp3) is 0.261. The number of halogens is 1. The van der Waals surface area contributed by atoms with E-state index in [1.807, 2.05) is 24.3 Å². The number of hydrogen-bond acceptors (Lipinski definition) is 6. The van der Waals surface area contributed by atoms with Gasteiger partial charge in [-0.3, -0.25) is 9.59 Å². The molecule has 2 fully saturated rings. The first-order valence-electron chi connectivity index (χ1n) is 10.5. The van der Waals surface area contributed by atoms with Crippen LogP contribution in [-0.2, 0) is 14.4 Å². The third-order valence-corrected chi connectivity index (χ3v) is 6.43. The van der Waals surface area contributed by atoms with Gasteiger partial charge >= 0.3 is 0 Å². The fourth-order valence-electron chi connectivity index (χ4n) is 4.81. The highest BCUT2D eigenvalue weighted by Gasteiger charge is 2.53. The van der Waals surface area contributed by atoms with Crippen molar-refractivity contribution in [2.24, 2.45) is 17.0 Å². The lowest BCUT2D eigenvalue weighted by molar-refractivity contribution is -0.126. The van der Waals surface area contributed by atoms with Crippen molar-refractivity contribution in [3.05, 3.63) is 65.1 Å². The van der Waals surface area contributed by atoms with Gasteiger partial charge in [-0.05, 0) is 36.1 Å². The number of para-hydroxylation sites is 1. The molecule has 3 aliphatic heterocycles. The van der Waals surface area contributed by atoms with Crippen LogP contribution in [0.3, 0.4) is 0 Å². The van der Waals surface area contributed by atoms with E-state index in [0.717, 1.165) is 24.3 Å². The van der Waals surface area contributed by atoms with Crippen molar-refractivity contribution in [3.63, 3.8) is 0 Å². The summed E-state index contributed by atoms with van der Waals surface area (Å²) in [5.74, 6) is -0.0172. The Balaban J connectivity index is 1.28. The Bertz CT molecular complexity index is 1210. The molecule has 32 heavy (non-hydrogen) atoms. The van der Waals surface area contributed by atoms with Crippen molar-refractivity contribution in [2.45, 2.75) is 6.04 Å². The summed E-state index contributed by atoms with van der Waals surface area (Å²) in [6.45, 7) is 1.64. The molecule has 6 rings (SSSR count). The highest BCUT2D eigenvalue weighted by molar-refractivity contribution is 6.39. The van der Waals surface area contributed by atoms with Crippen molar-refractivity contribution in [1.29, 1.82) is 0 Å². The molecule has 0 spiro atoms. The Hall–Kier alpha value is -3.72. The van der Waals surface area contributed by atoms with E-state index in [0.29, 0.717) is 34.5 Å². The molecule has 4 N–H and O–H groups in total. The molecule has 0 unspecified atom stereocenters. The standard InChI is InChI=1S/C23H20FN5O3/c24-11-5-6-17-13(7-11)19(23(31)27-17)22-21(12-3-1-2-4-16(12)26-22)29-32-10-18(30)28-20-14-8-25-9-15(14)20/h1-7,14-15,20,25-26H,8-10H2,(H,27,31)(H,28,30)/b22-19-,29-21+/t14-,15+,20-. The van der Waals surface area contributed by atoms with Crippen LogP contribution in [-0.4, -0.2) is 43.3 Å². The van der Waals surface area contributed by atoms with E-state index in [1.54, 1.807) is 0 Å². The number of nitrogens with zero attached hydrogens (tertiary/aromatic N) is 1. The molecule has 1 aliphatic carbocycles. The number of rotatable bonds is 4. The van der Waals surface area contributed by atoms with E-state index in [1.165, 1.54) is 18.2 Å². The molecule has 0 radical (unpaired) electrons. The van der Waals surface area contributed by atoms with E-state index < -0.39 is 5.82 Å². The molecule has 8 nitrogen and oxygen atoms in total. The van der Waals surface area contributed by atoms with Crippen LogP contribution < -0.4 is 21.3 Å². The predicted molar refractivity (Wildman–Crippen MR) is 116 cm³/mol. The third kappa shape index (κ3) is 3.04. The predicted octanol–water partition coefficient (Wildman–Crippen LogP) is 1.67. The molecule has 0 bridgehead atoms. The van der Waals surface area contributed by atoms with Crippen molar-refractivity contribution in [1.82, 2.24) is 10.6 Å². The summed E-state index contributed by atoms with van der Waals surface area (Å²) in [7, 11) is 0. The molecule has 4 aliphatic rings. The van der Waals surface area contributed by atoms with Gasteiger partial charge in [-0.25, -0.2) is 4.39 Å². The zero-order chi connectivity index (χ0) is 21.8. The molecule has 0 aromatic heterocycles. The lowest BCUT2D eigenvalue weighted by Gasteiger charge is -2.08. The largest absolute Gasteiger partial charge is 0.385 e. The summed E-state index contributed by atoms with van der Waals surface area (Å²) in [6, 6.07) is 11.7. The first-order valence-corrected chi connectivity index (χ1v) is 10.5. The summed E-state index contributed by atoms with van der Waals surface area (Å²) < 4.78 is 13.9. The summed E-state index contributed by atoms with van der Waals surface area (Å²) >= 11 is 0. The average molecular weight is 433 g/mol. The SMILES string of the molecule is O=C(CO/N=C1/C(=C2/C(=O)Nc3ccc(F)cc32)Nc2ccccc21)N[C@@H]1[C@@H]2CNC[C@@H]21. The molecular formula is C23H20FN5O3. The second-order valence-corrected chi connectivity index (χ2v) is 8.36. The number of piperidine rings is 1. The van der Waals surface area contributed by atoms with Crippen LogP contribution >= 0.6 is 0 Å². The Morgan fingerprint density at radius 3 is 2.72 bits per heavy atom. The number of nitrogens with one attached hydrogen (secondary N) is 4. The van der Waals surface area contributed by atoms with Gasteiger partial charge in [0.2, 0.25) is 0 Å². The van der Waals surface area contributed by atoms with Gasteiger partial charge in [-0.1, -0.05) is 23.4 Å². The van der Waals surface area contributed by atoms with Gasteiger partial charge < -0.3 is 26.1 Å². The monoisotopic (exact) mass is 433 g/mol. The van der Waals surface area contributed by atoms with Crippen LogP contribution in [0.4, 0.5) is 15.8 Å². The van der Waals surface area contributed by atoms with Gasteiger partial charge in [0, 0.05) is 41.6 Å². The number of benzene rings is 2. The Morgan fingerprint density at radius 1 is 1.09 bits per heavy atom. The van der Waals surface area contributed by atoms with E-state index in [2.05, 4.69) is 26.4 Å². The number of carbonyl (C=O) groups excluding carboxylic acids is 2. The van der Waals surface area contributed by atoms with E-state index in [9.17, 15) is 14.0 Å². The third-order valence-electron chi connectivity index (χ3n) is 6.43. The minimum absolute atomic E-state index is 0.208. The highest BCUT2D eigenvalue weighted by atomic mass is 19.1. The Morgan fingerprint density at radius 2 is 1.88 bits per heavy atom. The number of hydrogen-bond donors (Lipinski definition) is 4. The van der Waals surface area contributed by atoms with Crippen LogP contribution in [0.15, 0.2) is 53.3 Å². The normalized spacial score (nSPS) is 28.0. The van der Waals surface area contributed by atoms with Crippen LogP contribution in [0.25, 0.3) is 5.57 Å². The minimum Gasteiger partial charge on any atom is -0.385 e. The van der Waals surface area contributed by atoms with E-state index >= 15 is 0 Å². The maximum atomic E-state index is 13.9. The van der Waals surface area contributed by atoms with Crippen molar-refractivity contribution >= 4 is 34.5 Å². The van der Waals surface area contributed by atoms with Gasteiger partial charge in [-0.15, -0.1) is 0 Å². The zero-order valence-corrected chi connectivity index (χ0v) is 16.9. The summed E-state index contributed by atoms with van der Waals surface area (Å²) in [5, 5.41) is 16.4. The summed E-state index contributed by atoms with van der Waals surface area (Å²) in [4.78, 5) is 30.4. The number of fused-ring (bicyclic) bond motifs is 3. The molecule has 1 saturated carbocycles. The molecule has 2 amide bonds. The van der Waals surface area contributed by atoms with E-state index in [-0.39, 0.29) is 30.0 Å². The maximum absolute atomic E-state index is 13.9. The smallest absolute Gasteiger partial charge is 0.261 e. The Labute approximate surface area is 182 Å². The molecule has 2 aromatic carbocycles. The van der Waals surface area contributed by atoms with Gasteiger partial charge in [0.15, 0.2) is 6.61 Å². The van der Waals surface area contributed by atoms with Crippen LogP contribution in [0.1, 0.15) is 11.1 Å². The Kier molecular flexibility index (Phi) is 4.25. The van der Waals surface area contributed by atoms with Crippen LogP contribution in [0, 0.1) is 17.7 Å². The molecule has 3 atom stereocenters. The van der Waals surface area contributed by atoms with E-state index in [4.69, 9.17) is 4.84 Å². The van der Waals surface area contributed by atoms with Crippen molar-refractivity contribution in [2.75, 3.05) is 30.3 Å². The lowest BCUT2D eigenvalue weighted by atomic mass is 10.0. The fourth-order valence-corrected chi connectivity index (χ4v) is 4.81. The molecule has 1 saturated heterocycles. The zero-order valence-electron chi connectivity index (χ0n) is 16.9. The van der Waals surface area contributed by atoms with Crippen LogP contribution in [0.2, 0.25) is 0 Å². The second-order valence-electron chi connectivity index (χ2n) is 8.36. The molecule has 2 aromatic rings. The van der Waals surface area contributed by atoms with Crippen molar-refractivity contribution in [3.8, 4) is 0 Å². The second kappa shape index (κ2) is 7.16. The number of carbonyl (C=O) groups is 2. The molecule has 9 heteroatoms. The number of amides is 2. The van der Waals surface area contributed by atoms with Crippen molar-refractivity contribution < 1.29 is 18.8 Å². The highest BCUT2D eigenvalue weighted by Crippen LogP contribution is 2.41. The van der Waals surface area contributed by atoms with Gasteiger partial charge in [0.05, 0.1) is 11.3 Å². The number of oxime groups is 1. The van der Waals surface area contributed by atoms with Gasteiger partial charge in [-0.2, -0.15) is 0 Å². The molecule has 162 valence electrons. The lowest BCUT2D eigenvalue weighted by Crippen LogP contribution is -2.34. The first kappa shape index (κ1) is 19.0.